The second-order valence-electron chi connectivity index (χ2n) is 3.94. The van der Waals surface area contributed by atoms with Crippen LogP contribution in [0.25, 0.3) is 0 Å². The lowest BCUT2D eigenvalue weighted by molar-refractivity contribution is 0.221. The Balaban J connectivity index is 2.30. The van der Waals surface area contributed by atoms with Gasteiger partial charge in [0.05, 0.1) is 12.7 Å². The van der Waals surface area contributed by atoms with E-state index in [1.54, 1.807) is 0 Å². The molecule has 0 aromatic carbocycles. The molecule has 1 aliphatic carbocycles. The minimum absolute atomic E-state index is 0.155. The maximum atomic E-state index is 8.86. The molecule has 0 aromatic heterocycles. The number of nitrogens with one attached hydrogen (secondary N) is 1. The van der Waals surface area contributed by atoms with Crippen molar-refractivity contribution in [3.05, 3.63) is 0 Å². The summed E-state index contributed by atoms with van der Waals surface area (Å²) >= 11 is 0. The summed E-state index contributed by atoms with van der Waals surface area (Å²) in [7, 11) is 0. The molecular weight excluding hydrogens is 164 g/mol. The van der Waals surface area contributed by atoms with Crippen LogP contribution >= 0.6 is 0 Å². The van der Waals surface area contributed by atoms with Crippen LogP contribution in [0.5, 0.6) is 0 Å². The third kappa shape index (κ3) is 3.33. The Morgan fingerprint density at radius 2 is 2.38 bits per heavy atom. The fourth-order valence-electron chi connectivity index (χ4n) is 1.91. The number of aliphatic hydroxyl groups excluding tert-OH is 1. The molecule has 3 atom stereocenters. The van der Waals surface area contributed by atoms with Crippen molar-refractivity contribution in [1.82, 2.24) is 5.32 Å². The maximum Gasteiger partial charge on any atom is 0.0656 e. The highest BCUT2D eigenvalue weighted by Gasteiger charge is 2.22. The molecule has 13 heavy (non-hydrogen) atoms. The molecule has 0 aromatic rings. The minimum Gasteiger partial charge on any atom is -0.395 e. The van der Waals surface area contributed by atoms with Gasteiger partial charge in [-0.1, -0.05) is 6.42 Å². The summed E-state index contributed by atoms with van der Waals surface area (Å²) in [6.07, 6.45) is 4.26. The fourth-order valence-corrected chi connectivity index (χ4v) is 1.91. The van der Waals surface area contributed by atoms with Crippen LogP contribution < -0.4 is 5.32 Å². The van der Waals surface area contributed by atoms with Crippen LogP contribution in [0.3, 0.4) is 0 Å². The molecule has 0 amide bonds. The molecule has 1 saturated carbocycles. The molecule has 1 rings (SSSR count). The van der Waals surface area contributed by atoms with E-state index in [1.807, 2.05) is 6.92 Å². The van der Waals surface area contributed by atoms with E-state index in [2.05, 4.69) is 11.4 Å². The highest BCUT2D eigenvalue weighted by molar-refractivity contribution is 4.90. The van der Waals surface area contributed by atoms with E-state index in [0.717, 1.165) is 25.7 Å². The van der Waals surface area contributed by atoms with Crippen LogP contribution in [0.4, 0.5) is 0 Å². The largest absolute Gasteiger partial charge is 0.395 e. The summed E-state index contributed by atoms with van der Waals surface area (Å²) in [5.74, 6) is 0.220. The quantitative estimate of drug-likeness (QED) is 0.685. The second-order valence-corrected chi connectivity index (χ2v) is 3.94. The van der Waals surface area contributed by atoms with Gasteiger partial charge in [0.1, 0.15) is 0 Å². The van der Waals surface area contributed by atoms with Gasteiger partial charge in [-0.05, 0) is 26.2 Å². The third-order valence-electron chi connectivity index (χ3n) is 2.65. The lowest BCUT2D eigenvalue weighted by atomic mass is 9.86. The predicted molar refractivity (Wildman–Crippen MR) is 51.0 cm³/mol. The highest BCUT2D eigenvalue weighted by Crippen LogP contribution is 2.23. The highest BCUT2D eigenvalue weighted by atomic mass is 16.3. The Hall–Kier alpha value is -0.590. The lowest BCUT2D eigenvalue weighted by Gasteiger charge is -2.28. The summed E-state index contributed by atoms with van der Waals surface area (Å²) in [5.41, 5.74) is 0. The molecule has 1 fully saturated rings. The van der Waals surface area contributed by atoms with E-state index in [0.29, 0.717) is 6.04 Å². The van der Waals surface area contributed by atoms with Crippen LogP contribution in [0, 0.1) is 17.2 Å². The summed E-state index contributed by atoms with van der Waals surface area (Å²) in [6, 6.07) is 2.91. The van der Waals surface area contributed by atoms with Gasteiger partial charge in [-0.3, -0.25) is 0 Å². The van der Waals surface area contributed by atoms with E-state index < -0.39 is 0 Å². The molecule has 3 heteroatoms. The molecule has 0 spiro atoms. The van der Waals surface area contributed by atoms with Crippen LogP contribution in [0.2, 0.25) is 0 Å². The number of hydrogen-bond acceptors (Lipinski definition) is 3. The first-order chi connectivity index (χ1) is 6.26. The first-order valence-corrected chi connectivity index (χ1v) is 5.02. The van der Waals surface area contributed by atoms with Gasteiger partial charge < -0.3 is 10.4 Å². The zero-order chi connectivity index (χ0) is 9.68. The first kappa shape index (κ1) is 10.5. The van der Waals surface area contributed by atoms with E-state index in [-0.39, 0.29) is 18.6 Å². The molecule has 0 radical (unpaired) electrons. The SMILES string of the molecule is C[C@H](CO)NC1CCCC(C#N)C1. The number of nitrogens with zero attached hydrogens (tertiary/aromatic N) is 1. The molecule has 0 bridgehead atoms. The average molecular weight is 182 g/mol. The van der Waals surface area contributed by atoms with E-state index in [1.165, 1.54) is 0 Å². The predicted octanol–water partition coefficient (Wildman–Crippen LogP) is 1.04. The van der Waals surface area contributed by atoms with Crippen LogP contribution in [0.15, 0.2) is 0 Å². The van der Waals surface area contributed by atoms with Gasteiger partial charge in [-0.15, -0.1) is 0 Å². The van der Waals surface area contributed by atoms with Gasteiger partial charge >= 0.3 is 0 Å². The smallest absolute Gasteiger partial charge is 0.0656 e. The van der Waals surface area contributed by atoms with Crippen molar-refractivity contribution in [1.29, 1.82) is 5.26 Å². The molecular formula is C10H18N2O. The first-order valence-electron chi connectivity index (χ1n) is 5.02. The zero-order valence-corrected chi connectivity index (χ0v) is 8.16. The van der Waals surface area contributed by atoms with Crippen molar-refractivity contribution in [2.24, 2.45) is 5.92 Å². The third-order valence-corrected chi connectivity index (χ3v) is 2.65. The van der Waals surface area contributed by atoms with Crippen LogP contribution in [-0.2, 0) is 0 Å². The van der Waals surface area contributed by atoms with E-state index >= 15 is 0 Å². The normalized spacial score (nSPS) is 30.8. The Bertz CT molecular complexity index is 188. The number of hydrogen-bond donors (Lipinski definition) is 2. The van der Waals surface area contributed by atoms with Crippen molar-refractivity contribution >= 4 is 0 Å². The Labute approximate surface area is 79.8 Å². The van der Waals surface area contributed by atoms with Crippen LogP contribution in [0.1, 0.15) is 32.6 Å². The van der Waals surface area contributed by atoms with Crippen molar-refractivity contribution in [2.45, 2.75) is 44.7 Å². The summed E-state index contributed by atoms with van der Waals surface area (Å²) in [4.78, 5) is 0. The maximum absolute atomic E-state index is 8.86. The van der Waals surface area contributed by atoms with E-state index in [4.69, 9.17) is 10.4 Å². The molecule has 1 aliphatic rings. The second kappa shape index (κ2) is 5.21. The van der Waals surface area contributed by atoms with Crippen LogP contribution in [-0.4, -0.2) is 23.8 Å². The summed E-state index contributed by atoms with van der Waals surface area (Å²) < 4.78 is 0. The average Bonchev–Trinajstić information content (AvgIpc) is 2.18. The topological polar surface area (TPSA) is 56.0 Å². The molecule has 3 nitrogen and oxygen atoms in total. The Morgan fingerprint density at radius 1 is 1.62 bits per heavy atom. The Kier molecular flexibility index (Phi) is 4.20. The fraction of sp³-hybridized carbons (Fsp3) is 0.900. The van der Waals surface area contributed by atoms with Crippen molar-refractivity contribution in [3.8, 4) is 6.07 Å². The van der Waals surface area contributed by atoms with Gasteiger partial charge in [0.2, 0.25) is 0 Å². The summed E-state index contributed by atoms with van der Waals surface area (Å²) in [5, 5.41) is 21.0. The lowest BCUT2D eigenvalue weighted by Crippen LogP contribution is -2.41. The number of nitriles is 1. The van der Waals surface area contributed by atoms with Gasteiger partial charge in [0.15, 0.2) is 0 Å². The summed E-state index contributed by atoms with van der Waals surface area (Å²) in [6.45, 7) is 2.14. The van der Waals surface area contributed by atoms with Crippen molar-refractivity contribution in [3.63, 3.8) is 0 Å². The number of rotatable bonds is 3. The van der Waals surface area contributed by atoms with Gasteiger partial charge in [0.25, 0.3) is 0 Å². The molecule has 0 heterocycles. The van der Waals surface area contributed by atoms with Crippen molar-refractivity contribution < 1.29 is 5.11 Å². The molecule has 2 unspecified atom stereocenters. The number of aliphatic hydroxyl groups is 1. The molecule has 0 aliphatic heterocycles. The molecule has 74 valence electrons. The van der Waals surface area contributed by atoms with Gasteiger partial charge in [0, 0.05) is 18.0 Å². The molecule has 2 N–H and O–H groups in total. The van der Waals surface area contributed by atoms with Crippen molar-refractivity contribution in [2.75, 3.05) is 6.61 Å². The standard InChI is InChI=1S/C10H18N2O/c1-8(7-13)12-10-4-2-3-9(5-10)6-11/h8-10,12-13H,2-5,7H2,1H3/t8-,9?,10?/m1/s1. The van der Waals surface area contributed by atoms with Gasteiger partial charge in [-0.2, -0.15) is 5.26 Å². The minimum atomic E-state index is 0.155. The zero-order valence-electron chi connectivity index (χ0n) is 8.16. The Morgan fingerprint density at radius 3 is 3.00 bits per heavy atom. The van der Waals surface area contributed by atoms with Gasteiger partial charge in [-0.25, -0.2) is 0 Å². The molecule has 0 saturated heterocycles. The van der Waals surface area contributed by atoms with E-state index in [9.17, 15) is 0 Å². The monoisotopic (exact) mass is 182 g/mol.